The van der Waals surface area contributed by atoms with Crippen LogP contribution in [0.25, 0.3) is 5.57 Å². The van der Waals surface area contributed by atoms with Crippen molar-refractivity contribution in [3.63, 3.8) is 0 Å². The Bertz CT molecular complexity index is 1010. The summed E-state index contributed by atoms with van der Waals surface area (Å²) < 4.78 is 10.6. The second-order valence-electron chi connectivity index (χ2n) is 8.54. The van der Waals surface area contributed by atoms with Gasteiger partial charge in [-0.1, -0.05) is 43.3 Å². The Morgan fingerprint density at radius 1 is 0.971 bits per heavy atom. The second kappa shape index (κ2) is 14.0. The summed E-state index contributed by atoms with van der Waals surface area (Å²) in [5, 5.41) is 3.22. The SMILES string of the molecule is CC[C@H](CCCc1cccnc1)NC(=O)CCC=C(c1ccc(OC)cc1)c1ccc(OC)cc1. The van der Waals surface area contributed by atoms with Gasteiger partial charge in [-0.15, -0.1) is 0 Å². The van der Waals surface area contributed by atoms with E-state index < -0.39 is 0 Å². The Labute approximate surface area is 209 Å². The van der Waals surface area contributed by atoms with Gasteiger partial charge in [-0.25, -0.2) is 0 Å². The van der Waals surface area contributed by atoms with E-state index in [9.17, 15) is 4.79 Å². The number of rotatable bonds is 13. The Morgan fingerprint density at radius 3 is 2.11 bits per heavy atom. The number of aromatic nitrogens is 1. The number of hydrogen-bond donors (Lipinski definition) is 1. The second-order valence-corrected chi connectivity index (χ2v) is 8.54. The minimum Gasteiger partial charge on any atom is -0.497 e. The fourth-order valence-electron chi connectivity index (χ4n) is 4.07. The highest BCUT2D eigenvalue weighted by atomic mass is 16.5. The van der Waals surface area contributed by atoms with E-state index in [2.05, 4.69) is 29.4 Å². The first-order chi connectivity index (χ1) is 17.1. The highest BCUT2D eigenvalue weighted by molar-refractivity contribution is 5.81. The third-order valence-electron chi connectivity index (χ3n) is 6.12. The molecule has 1 atom stereocenters. The summed E-state index contributed by atoms with van der Waals surface area (Å²) in [7, 11) is 3.33. The van der Waals surface area contributed by atoms with Gasteiger partial charge in [-0.3, -0.25) is 9.78 Å². The zero-order chi connectivity index (χ0) is 24.9. The first-order valence-electron chi connectivity index (χ1n) is 12.3. The zero-order valence-corrected chi connectivity index (χ0v) is 21.0. The van der Waals surface area contributed by atoms with Crippen LogP contribution in [0.15, 0.2) is 79.1 Å². The third kappa shape index (κ3) is 8.29. The van der Waals surface area contributed by atoms with Gasteiger partial charge in [0.05, 0.1) is 14.2 Å². The molecule has 0 saturated carbocycles. The summed E-state index contributed by atoms with van der Waals surface area (Å²) in [6.45, 7) is 2.13. The number of carbonyl (C=O) groups is 1. The van der Waals surface area contributed by atoms with Crippen molar-refractivity contribution < 1.29 is 14.3 Å². The van der Waals surface area contributed by atoms with Crippen LogP contribution >= 0.6 is 0 Å². The number of hydrogen-bond acceptors (Lipinski definition) is 4. The molecule has 3 aromatic rings. The molecule has 0 aliphatic heterocycles. The van der Waals surface area contributed by atoms with Crippen LogP contribution in [0.1, 0.15) is 55.7 Å². The average Bonchev–Trinajstić information content (AvgIpc) is 2.91. The number of amides is 1. The Morgan fingerprint density at radius 2 is 1.60 bits per heavy atom. The van der Waals surface area contributed by atoms with Crippen LogP contribution in [-0.2, 0) is 11.2 Å². The van der Waals surface area contributed by atoms with Gasteiger partial charge >= 0.3 is 0 Å². The van der Waals surface area contributed by atoms with Crippen LogP contribution in [0.4, 0.5) is 0 Å². The predicted molar refractivity (Wildman–Crippen MR) is 142 cm³/mol. The molecule has 2 aromatic carbocycles. The fraction of sp³-hybridized carbons (Fsp3) is 0.333. The van der Waals surface area contributed by atoms with Gasteiger partial charge in [-0.05, 0) is 84.7 Å². The van der Waals surface area contributed by atoms with Crippen LogP contribution in [0.3, 0.4) is 0 Å². The smallest absolute Gasteiger partial charge is 0.220 e. The molecule has 0 aliphatic carbocycles. The van der Waals surface area contributed by atoms with E-state index in [-0.39, 0.29) is 11.9 Å². The molecule has 1 aromatic heterocycles. The lowest BCUT2D eigenvalue weighted by atomic mass is 9.96. The van der Waals surface area contributed by atoms with Crippen LogP contribution in [-0.4, -0.2) is 31.2 Å². The minimum atomic E-state index is 0.0956. The van der Waals surface area contributed by atoms with Crippen LogP contribution in [0, 0.1) is 0 Å². The quantitative estimate of drug-likeness (QED) is 0.320. The Balaban J connectivity index is 1.59. The number of ether oxygens (including phenoxy) is 2. The maximum Gasteiger partial charge on any atom is 0.220 e. The van der Waals surface area contributed by atoms with Crippen molar-refractivity contribution in [3.8, 4) is 11.5 Å². The van der Waals surface area contributed by atoms with Gasteiger partial charge < -0.3 is 14.8 Å². The Hall–Kier alpha value is -3.60. The summed E-state index contributed by atoms with van der Waals surface area (Å²) in [4.78, 5) is 16.9. The van der Waals surface area contributed by atoms with Crippen LogP contribution in [0.5, 0.6) is 11.5 Å². The largest absolute Gasteiger partial charge is 0.497 e. The number of benzene rings is 2. The monoisotopic (exact) mass is 472 g/mol. The molecule has 1 amide bonds. The number of carbonyl (C=O) groups excluding carboxylic acids is 1. The summed E-state index contributed by atoms with van der Waals surface area (Å²) in [5.41, 5.74) is 4.49. The lowest BCUT2D eigenvalue weighted by Gasteiger charge is -2.17. The molecular weight excluding hydrogens is 436 g/mol. The summed E-state index contributed by atoms with van der Waals surface area (Å²) in [6.07, 6.45) is 10.9. The van der Waals surface area contributed by atoms with Gasteiger partial charge in [0.2, 0.25) is 5.91 Å². The molecule has 0 bridgehead atoms. The number of nitrogens with one attached hydrogen (secondary N) is 1. The molecule has 0 unspecified atom stereocenters. The van der Waals surface area contributed by atoms with Crippen molar-refractivity contribution in [3.05, 3.63) is 95.8 Å². The van der Waals surface area contributed by atoms with Crippen molar-refractivity contribution in [1.29, 1.82) is 0 Å². The van der Waals surface area contributed by atoms with Gasteiger partial charge in [0, 0.05) is 24.9 Å². The van der Waals surface area contributed by atoms with Crippen molar-refractivity contribution in [2.45, 2.75) is 51.5 Å². The normalized spacial score (nSPS) is 11.4. The molecule has 0 aliphatic rings. The summed E-state index contributed by atoms with van der Waals surface area (Å²) >= 11 is 0. The molecule has 5 nitrogen and oxygen atoms in total. The van der Waals surface area contributed by atoms with E-state index in [1.165, 1.54) is 5.56 Å². The number of nitrogens with zero attached hydrogens (tertiary/aromatic N) is 1. The van der Waals surface area contributed by atoms with Crippen molar-refractivity contribution in [2.75, 3.05) is 14.2 Å². The summed E-state index contributed by atoms with van der Waals surface area (Å²) in [5.74, 6) is 1.73. The molecular formula is C30H36N2O3. The molecule has 1 N–H and O–H groups in total. The molecule has 0 radical (unpaired) electrons. The van der Waals surface area contributed by atoms with E-state index in [0.29, 0.717) is 12.8 Å². The lowest BCUT2D eigenvalue weighted by molar-refractivity contribution is -0.121. The highest BCUT2D eigenvalue weighted by Crippen LogP contribution is 2.27. The topological polar surface area (TPSA) is 60.5 Å². The summed E-state index contributed by atoms with van der Waals surface area (Å²) in [6, 6.07) is 20.3. The van der Waals surface area contributed by atoms with Crippen LogP contribution < -0.4 is 14.8 Å². The van der Waals surface area contributed by atoms with E-state index in [1.54, 1.807) is 20.4 Å². The van der Waals surface area contributed by atoms with E-state index in [1.807, 2.05) is 60.8 Å². The number of methoxy groups -OCH3 is 2. The number of aryl methyl sites for hydroxylation is 1. The standard InChI is InChI=1S/C30H36N2O3/c1-4-26(10-5-8-23-9-7-21-31-22-23)32-30(33)12-6-11-29(24-13-17-27(34-2)18-14-24)25-15-19-28(35-3)20-16-25/h7,9,11,13-22,26H,4-6,8,10,12H2,1-3H3,(H,32,33)/t26-/m1/s1. The molecule has 0 fully saturated rings. The Kier molecular flexibility index (Phi) is 10.4. The zero-order valence-electron chi connectivity index (χ0n) is 21.0. The van der Waals surface area contributed by atoms with Gasteiger partial charge in [-0.2, -0.15) is 0 Å². The molecule has 184 valence electrons. The molecule has 35 heavy (non-hydrogen) atoms. The minimum absolute atomic E-state index is 0.0956. The average molecular weight is 473 g/mol. The molecule has 0 spiro atoms. The van der Waals surface area contributed by atoms with Crippen molar-refractivity contribution in [2.24, 2.45) is 0 Å². The fourth-order valence-corrected chi connectivity index (χ4v) is 4.07. The van der Waals surface area contributed by atoms with E-state index in [4.69, 9.17) is 9.47 Å². The van der Waals surface area contributed by atoms with Crippen molar-refractivity contribution >= 4 is 11.5 Å². The van der Waals surface area contributed by atoms with Gasteiger partial charge in [0.25, 0.3) is 0 Å². The number of pyridine rings is 1. The van der Waals surface area contributed by atoms with Gasteiger partial charge in [0.15, 0.2) is 0 Å². The molecule has 3 rings (SSSR count). The molecule has 5 heteroatoms. The van der Waals surface area contributed by atoms with Crippen molar-refractivity contribution in [1.82, 2.24) is 10.3 Å². The highest BCUT2D eigenvalue weighted by Gasteiger charge is 2.11. The molecule has 0 saturated heterocycles. The first-order valence-corrected chi connectivity index (χ1v) is 12.3. The van der Waals surface area contributed by atoms with Crippen LogP contribution in [0.2, 0.25) is 0 Å². The molecule has 1 heterocycles. The third-order valence-corrected chi connectivity index (χ3v) is 6.12. The van der Waals surface area contributed by atoms with Gasteiger partial charge in [0.1, 0.15) is 11.5 Å². The number of allylic oxidation sites excluding steroid dienone is 1. The lowest BCUT2D eigenvalue weighted by Crippen LogP contribution is -2.34. The van der Waals surface area contributed by atoms with E-state index in [0.717, 1.165) is 53.9 Å². The first kappa shape index (κ1) is 26.0. The predicted octanol–water partition coefficient (Wildman–Crippen LogP) is 6.23. The van der Waals surface area contributed by atoms with E-state index >= 15 is 0 Å². The maximum atomic E-state index is 12.7. The maximum absolute atomic E-state index is 12.7.